The molecule has 6 N–H and O–H groups in total. The molecule has 10 nitrogen and oxygen atoms in total. The van der Waals surface area contributed by atoms with E-state index in [0.29, 0.717) is 19.3 Å². The molecule has 0 heterocycles. The summed E-state index contributed by atoms with van der Waals surface area (Å²) in [5.41, 5.74) is 6.87. The van der Waals surface area contributed by atoms with Crippen LogP contribution in [0.4, 0.5) is 14.9 Å². The first-order valence-corrected chi connectivity index (χ1v) is 15.9. The molecule has 0 fully saturated rings. The number of hydrogen-bond donors (Lipinski definition) is 5. The molecule has 3 rings (SSSR count). The van der Waals surface area contributed by atoms with Crippen molar-refractivity contribution < 1.29 is 32.6 Å². The Hall–Kier alpha value is -4.00. The number of carboxylic acid groups (broad SMARTS) is 1. The van der Waals surface area contributed by atoms with E-state index in [1.807, 2.05) is 74.5 Å². The molecule has 12 heteroatoms. The molecular formula is C32H41FN4O6S. The first-order chi connectivity index (χ1) is 20.9. The van der Waals surface area contributed by atoms with E-state index in [-0.39, 0.29) is 29.6 Å². The highest BCUT2D eigenvalue weighted by molar-refractivity contribution is 7.89. The van der Waals surface area contributed by atoms with Crippen LogP contribution in [0.15, 0.2) is 83.8 Å². The number of sulfonamides is 1. The molecule has 0 saturated heterocycles. The van der Waals surface area contributed by atoms with Crippen LogP contribution in [0.2, 0.25) is 0 Å². The maximum atomic E-state index is 13.7. The van der Waals surface area contributed by atoms with Gasteiger partial charge in [0.2, 0.25) is 15.9 Å². The summed E-state index contributed by atoms with van der Waals surface area (Å²) in [6.45, 7) is 3.60. The summed E-state index contributed by atoms with van der Waals surface area (Å²) >= 11 is 0. The van der Waals surface area contributed by atoms with Gasteiger partial charge in [0.1, 0.15) is 11.9 Å². The van der Waals surface area contributed by atoms with Crippen LogP contribution in [-0.4, -0.2) is 66.7 Å². The standard InChI is InChI=1S/C32H41FN4O6S/c1-22(2)20-37(44(42,43)26-16-17-27(33)28(34)19-26)25(21-38)15-9-10-18-35-31(39)30(36-32(40)41)29(23-11-5-3-6-12-23)24-13-7-4-8-14-24/h3-8,11-14,16-17,19,22,25,29-30,36,38H,9-10,15,18,20-21,34H2,1-2H3,(H,35,39)(H,40,41). The van der Waals surface area contributed by atoms with E-state index in [9.17, 15) is 32.6 Å². The first-order valence-electron chi connectivity index (χ1n) is 14.5. The van der Waals surface area contributed by atoms with Gasteiger partial charge in [-0.05, 0) is 48.1 Å². The number of carbonyl (C=O) groups is 2. The molecule has 2 unspecified atom stereocenters. The van der Waals surface area contributed by atoms with Crippen molar-refractivity contribution in [3.8, 4) is 0 Å². The number of amides is 2. The number of aliphatic hydroxyl groups is 1. The molecule has 0 aliphatic carbocycles. The number of anilines is 1. The lowest BCUT2D eigenvalue weighted by atomic mass is 9.84. The Morgan fingerprint density at radius 2 is 1.55 bits per heavy atom. The molecule has 44 heavy (non-hydrogen) atoms. The van der Waals surface area contributed by atoms with Crippen molar-refractivity contribution in [2.24, 2.45) is 5.92 Å². The van der Waals surface area contributed by atoms with E-state index in [0.717, 1.165) is 29.3 Å². The summed E-state index contributed by atoms with van der Waals surface area (Å²) in [6, 6.07) is 19.7. The van der Waals surface area contributed by atoms with Gasteiger partial charge in [0.05, 0.1) is 17.2 Å². The van der Waals surface area contributed by atoms with E-state index in [1.165, 1.54) is 4.31 Å². The number of nitrogens with one attached hydrogen (secondary N) is 2. The monoisotopic (exact) mass is 628 g/mol. The van der Waals surface area contributed by atoms with Gasteiger partial charge in [-0.2, -0.15) is 4.31 Å². The fourth-order valence-corrected chi connectivity index (χ4v) is 6.95. The molecule has 2 atom stereocenters. The summed E-state index contributed by atoms with van der Waals surface area (Å²) in [5.74, 6) is -1.86. The van der Waals surface area contributed by atoms with E-state index < -0.39 is 52.4 Å². The van der Waals surface area contributed by atoms with Gasteiger partial charge in [-0.15, -0.1) is 0 Å². The molecule has 2 amide bonds. The predicted molar refractivity (Wildman–Crippen MR) is 167 cm³/mol. The van der Waals surface area contributed by atoms with Crippen LogP contribution in [0.25, 0.3) is 0 Å². The van der Waals surface area contributed by atoms with Crippen LogP contribution in [0.3, 0.4) is 0 Å². The van der Waals surface area contributed by atoms with Crippen LogP contribution in [0.5, 0.6) is 0 Å². The second kappa shape index (κ2) is 16.2. The molecule has 3 aromatic carbocycles. The van der Waals surface area contributed by atoms with Gasteiger partial charge in [0, 0.05) is 25.0 Å². The number of aliphatic hydroxyl groups excluding tert-OH is 1. The summed E-state index contributed by atoms with van der Waals surface area (Å²) in [7, 11) is -4.09. The second-order valence-corrected chi connectivity index (χ2v) is 12.9. The van der Waals surface area contributed by atoms with Gasteiger partial charge in [-0.3, -0.25) is 4.79 Å². The minimum atomic E-state index is -4.09. The lowest BCUT2D eigenvalue weighted by Crippen LogP contribution is -2.50. The summed E-state index contributed by atoms with van der Waals surface area (Å²) in [6.07, 6.45) is -0.133. The molecule has 0 saturated carbocycles. The van der Waals surface area contributed by atoms with Crippen molar-refractivity contribution in [3.63, 3.8) is 0 Å². The van der Waals surface area contributed by atoms with Gasteiger partial charge >= 0.3 is 6.09 Å². The van der Waals surface area contributed by atoms with E-state index in [2.05, 4.69) is 10.6 Å². The maximum absolute atomic E-state index is 13.7. The Bertz CT molecular complexity index is 1440. The Morgan fingerprint density at radius 1 is 0.955 bits per heavy atom. The Balaban J connectivity index is 1.69. The largest absolute Gasteiger partial charge is 0.465 e. The van der Waals surface area contributed by atoms with Gasteiger partial charge in [0.25, 0.3) is 0 Å². The highest BCUT2D eigenvalue weighted by Gasteiger charge is 2.33. The van der Waals surface area contributed by atoms with Gasteiger partial charge in [-0.25, -0.2) is 17.6 Å². The number of benzene rings is 3. The van der Waals surface area contributed by atoms with Gasteiger partial charge < -0.3 is 26.6 Å². The Morgan fingerprint density at radius 3 is 2.05 bits per heavy atom. The third-order valence-electron chi connectivity index (χ3n) is 7.21. The number of nitrogens with two attached hydrogens (primary N) is 1. The molecule has 0 aliphatic heterocycles. The predicted octanol–water partition coefficient (Wildman–Crippen LogP) is 4.17. The molecule has 0 radical (unpaired) electrons. The van der Waals surface area contributed by atoms with E-state index in [4.69, 9.17) is 5.73 Å². The zero-order valence-electron chi connectivity index (χ0n) is 24.9. The lowest BCUT2D eigenvalue weighted by molar-refractivity contribution is -0.123. The summed E-state index contributed by atoms with van der Waals surface area (Å²) < 4.78 is 41.9. The fraction of sp³-hybridized carbons (Fsp3) is 0.375. The van der Waals surface area contributed by atoms with Crippen LogP contribution in [-0.2, 0) is 14.8 Å². The molecule has 3 aromatic rings. The van der Waals surface area contributed by atoms with E-state index in [1.54, 1.807) is 0 Å². The number of nitrogens with zero attached hydrogens (tertiary/aromatic N) is 1. The average molecular weight is 629 g/mol. The summed E-state index contributed by atoms with van der Waals surface area (Å²) in [4.78, 5) is 25.0. The van der Waals surface area contributed by atoms with Crippen molar-refractivity contribution in [2.45, 2.75) is 56.0 Å². The van der Waals surface area contributed by atoms with Gasteiger partial charge in [-0.1, -0.05) is 80.9 Å². The molecule has 238 valence electrons. The third-order valence-corrected chi connectivity index (χ3v) is 9.13. The fourth-order valence-electron chi connectivity index (χ4n) is 5.11. The molecule has 0 aromatic heterocycles. The number of hydrogen-bond acceptors (Lipinski definition) is 6. The number of nitrogen functional groups attached to an aromatic ring is 1. The van der Waals surface area contributed by atoms with Crippen molar-refractivity contribution in [1.29, 1.82) is 0 Å². The highest BCUT2D eigenvalue weighted by Crippen LogP contribution is 2.29. The summed E-state index contributed by atoms with van der Waals surface area (Å²) in [5, 5.41) is 24.9. The third kappa shape index (κ3) is 9.25. The van der Waals surface area contributed by atoms with Crippen LogP contribution < -0.4 is 16.4 Å². The topological polar surface area (TPSA) is 162 Å². The number of unbranched alkanes of at least 4 members (excludes halogenated alkanes) is 1. The quantitative estimate of drug-likeness (QED) is 0.117. The molecular weight excluding hydrogens is 587 g/mol. The molecule has 0 bridgehead atoms. The zero-order valence-corrected chi connectivity index (χ0v) is 25.7. The minimum absolute atomic E-state index is 0.0586. The normalized spacial score (nSPS) is 13.2. The number of halogens is 1. The second-order valence-electron chi connectivity index (χ2n) is 11.0. The molecule has 0 aliphatic rings. The average Bonchev–Trinajstić information content (AvgIpc) is 2.99. The Labute approximate surface area is 258 Å². The Kier molecular flexibility index (Phi) is 12.7. The minimum Gasteiger partial charge on any atom is -0.465 e. The van der Waals surface area contributed by atoms with E-state index >= 15 is 0 Å². The van der Waals surface area contributed by atoms with Crippen molar-refractivity contribution in [3.05, 3.63) is 95.8 Å². The van der Waals surface area contributed by atoms with Crippen LogP contribution in [0.1, 0.15) is 50.2 Å². The molecule has 0 spiro atoms. The lowest BCUT2D eigenvalue weighted by Gasteiger charge is -2.31. The number of rotatable bonds is 16. The van der Waals surface area contributed by atoms with Crippen LogP contribution in [0, 0.1) is 11.7 Å². The maximum Gasteiger partial charge on any atom is 0.405 e. The van der Waals surface area contributed by atoms with Gasteiger partial charge in [0.15, 0.2) is 0 Å². The SMILES string of the molecule is CC(C)CN(C(CO)CCCCNC(=O)C(NC(=O)O)C(c1ccccc1)c1ccccc1)S(=O)(=O)c1ccc(F)c(N)c1. The zero-order chi connectivity index (χ0) is 32.3. The van der Waals surface area contributed by atoms with Crippen molar-refractivity contribution in [1.82, 2.24) is 14.9 Å². The highest BCUT2D eigenvalue weighted by atomic mass is 32.2. The number of carbonyl (C=O) groups excluding carboxylic acids is 1. The first kappa shape index (κ1) is 34.5. The van der Waals surface area contributed by atoms with Crippen molar-refractivity contribution in [2.75, 3.05) is 25.4 Å². The smallest absolute Gasteiger partial charge is 0.405 e. The van der Waals surface area contributed by atoms with Crippen LogP contribution >= 0.6 is 0 Å². The van der Waals surface area contributed by atoms with Crippen molar-refractivity contribution >= 4 is 27.7 Å².